The third-order valence-corrected chi connectivity index (χ3v) is 5.20. The molecule has 28 heavy (non-hydrogen) atoms. The number of anilines is 1. The van der Waals surface area contributed by atoms with Crippen LogP contribution in [-0.2, 0) is 5.41 Å². The molecular formula is C25H25FN2. The number of pyridine rings is 1. The number of rotatable bonds is 6. The minimum Gasteiger partial charge on any atom is -0.347 e. The van der Waals surface area contributed by atoms with Crippen LogP contribution in [0.3, 0.4) is 0 Å². The summed E-state index contributed by atoms with van der Waals surface area (Å²) in [7, 11) is 2.00. The molecule has 1 aromatic heterocycles. The lowest BCUT2D eigenvalue weighted by molar-refractivity contribution is 0.624. The van der Waals surface area contributed by atoms with E-state index in [-0.39, 0.29) is 5.82 Å². The summed E-state index contributed by atoms with van der Waals surface area (Å²) in [5, 5.41) is 0. The van der Waals surface area contributed by atoms with Gasteiger partial charge in [-0.15, -0.1) is 6.58 Å². The maximum atomic E-state index is 13.6. The molecule has 1 heterocycles. The van der Waals surface area contributed by atoms with Crippen molar-refractivity contribution >= 4 is 5.69 Å². The van der Waals surface area contributed by atoms with Crippen LogP contribution in [0.1, 0.15) is 22.3 Å². The minimum absolute atomic E-state index is 0.273. The Labute approximate surface area is 166 Å². The van der Waals surface area contributed by atoms with Gasteiger partial charge in [0.05, 0.1) is 5.41 Å². The van der Waals surface area contributed by atoms with E-state index in [1.54, 1.807) is 24.5 Å². The van der Waals surface area contributed by atoms with Crippen LogP contribution in [0.25, 0.3) is 0 Å². The molecule has 0 spiro atoms. The Morgan fingerprint density at radius 3 is 2.04 bits per heavy atom. The lowest BCUT2D eigenvalue weighted by Crippen LogP contribution is -2.36. The van der Waals surface area contributed by atoms with Gasteiger partial charge in [-0.25, -0.2) is 4.39 Å². The SMILES string of the molecule is C=CC(C(=C)N(C)c1cc(C)cc(C)c1)(c1ccncc1)c1ccc(F)cc1. The van der Waals surface area contributed by atoms with Crippen LogP contribution in [0.2, 0.25) is 0 Å². The molecule has 0 saturated heterocycles. The van der Waals surface area contributed by atoms with E-state index in [4.69, 9.17) is 0 Å². The lowest BCUT2D eigenvalue weighted by Gasteiger charge is -2.39. The summed E-state index contributed by atoms with van der Waals surface area (Å²) in [5.74, 6) is -0.273. The molecule has 0 radical (unpaired) electrons. The highest BCUT2D eigenvalue weighted by Crippen LogP contribution is 2.42. The van der Waals surface area contributed by atoms with E-state index in [0.717, 1.165) is 22.5 Å². The number of hydrogen-bond donors (Lipinski definition) is 0. The summed E-state index contributed by atoms with van der Waals surface area (Å²) in [6.07, 6.45) is 5.37. The van der Waals surface area contributed by atoms with E-state index < -0.39 is 5.41 Å². The van der Waals surface area contributed by atoms with E-state index in [2.05, 4.69) is 55.1 Å². The van der Waals surface area contributed by atoms with Crippen molar-refractivity contribution in [2.75, 3.05) is 11.9 Å². The first kappa shape index (κ1) is 19.6. The van der Waals surface area contributed by atoms with Gasteiger partial charge in [0.15, 0.2) is 0 Å². The molecule has 3 heteroatoms. The Morgan fingerprint density at radius 1 is 0.964 bits per heavy atom. The highest BCUT2D eigenvalue weighted by atomic mass is 19.1. The standard InChI is InChI=1S/C25H25FN2/c1-6-25(22-11-13-27-14-12-22,21-7-9-23(26)10-8-21)20(4)28(5)24-16-18(2)15-19(3)17-24/h6-17H,1,4H2,2-3,5H3. The summed E-state index contributed by atoms with van der Waals surface area (Å²) >= 11 is 0. The smallest absolute Gasteiger partial charge is 0.123 e. The van der Waals surface area contributed by atoms with Gasteiger partial charge in [-0.1, -0.05) is 30.9 Å². The molecule has 3 rings (SSSR count). The molecular weight excluding hydrogens is 347 g/mol. The fourth-order valence-electron chi connectivity index (χ4n) is 3.75. The van der Waals surface area contributed by atoms with Gasteiger partial charge in [0, 0.05) is 30.8 Å². The van der Waals surface area contributed by atoms with Gasteiger partial charge in [-0.2, -0.15) is 0 Å². The molecule has 1 unspecified atom stereocenters. The second kappa shape index (κ2) is 7.81. The number of allylic oxidation sites excluding steroid dienone is 1. The van der Waals surface area contributed by atoms with Gasteiger partial charge in [0.2, 0.25) is 0 Å². The topological polar surface area (TPSA) is 16.1 Å². The van der Waals surface area contributed by atoms with Crippen molar-refractivity contribution in [2.45, 2.75) is 19.3 Å². The second-order valence-corrected chi connectivity index (χ2v) is 7.11. The molecule has 0 N–H and O–H groups in total. The Hall–Kier alpha value is -3.20. The van der Waals surface area contributed by atoms with Crippen LogP contribution < -0.4 is 4.90 Å². The average molecular weight is 372 g/mol. The molecule has 1 atom stereocenters. The molecule has 142 valence electrons. The third kappa shape index (κ3) is 3.48. The number of likely N-dealkylation sites (N-methyl/N-ethyl adjacent to an activating group) is 1. The van der Waals surface area contributed by atoms with Crippen molar-refractivity contribution in [3.63, 3.8) is 0 Å². The number of benzene rings is 2. The first-order valence-corrected chi connectivity index (χ1v) is 9.20. The summed E-state index contributed by atoms with van der Waals surface area (Å²) in [6.45, 7) is 12.7. The second-order valence-electron chi connectivity index (χ2n) is 7.11. The number of hydrogen-bond acceptors (Lipinski definition) is 2. The zero-order valence-corrected chi connectivity index (χ0v) is 16.6. The Kier molecular flexibility index (Phi) is 5.46. The van der Waals surface area contributed by atoms with Crippen molar-refractivity contribution in [1.82, 2.24) is 4.98 Å². The minimum atomic E-state index is -0.719. The molecule has 0 aliphatic heterocycles. The zero-order chi connectivity index (χ0) is 20.3. The molecule has 3 aromatic rings. The highest BCUT2D eigenvalue weighted by Gasteiger charge is 2.36. The van der Waals surface area contributed by atoms with E-state index in [1.165, 1.54) is 23.3 Å². The Bertz CT molecular complexity index is 973. The van der Waals surface area contributed by atoms with Crippen LogP contribution in [-0.4, -0.2) is 12.0 Å². The van der Waals surface area contributed by atoms with Crippen LogP contribution >= 0.6 is 0 Å². The fourth-order valence-corrected chi connectivity index (χ4v) is 3.75. The van der Waals surface area contributed by atoms with Crippen molar-refractivity contribution in [3.05, 3.63) is 120 Å². The monoisotopic (exact) mass is 372 g/mol. The maximum absolute atomic E-state index is 13.6. The van der Waals surface area contributed by atoms with Crippen molar-refractivity contribution in [2.24, 2.45) is 0 Å². The number of halogens is 1. The molecule has 2 aromatic carbocycles. The zero-order valence-electron chi connectivity index (χ0n) is 16.6. The van der Waals surface area contributed by atoms with Crippen LogP contribution in [0.4, 0.5) is 10.1 Å². The first-order valence-electron chi connectivity index (χ1n) is 9.20. The summed E-state index contributed by atoms with van der Waals surface area (Å²) in [4.78, 5) is 6.22. The third-order valence-electron chi connectivity index (χ3n) is 5.20. The van der Waals surface area contributed by atoms with Gasteiger partial charge in [-0.05, 0) is 72.5 Å². The summed E-state index contributed by atoms with van der Waals surface area (Å²) < 4.78 is 13.6. The van der Waals surface area contributed by atoms with Gasteiger partial charge in [0.1, 0.15) is 5.82 Å². The van der Waals surface area contributed by atoms with E-state index >= 15 is 0 Å². The van der Waals surface area contributed by atoms with Gasteiger partial charge in [-0.3, -0.25) is 4.98 Å². The largest absolute Gasteiger partial charge is 0.347 e. The van der Waals surface area contributed by atoms with Gasteiger partial charge in [0.25, 0.3) is 0 Å². The molecule has 0 aliphatic rings. The Morgan fingerprint density at radius 2 is 1.50 bits per heavy atom. The predicted molar refractivity (Wildman–Crippen MR) is 115 cm³/mol. The number of nitrogens with zero attached hydrogens (tertiary/aromatic N) is 2. The van der Waals surface area contributed by atoms with E-state index in [0.29, 0.717) is 0 Å². The maximum Gasteiger partial charge on any atom is 0.123 e. The normalized spacial score (nSPS) is 12.9. The average Bonchev–Trinajstić information content (AvgIpc) is 2.69. The molecule has 0 fully saturated rings. The lowest BCUT2D eigenvalue weighted by atomic mass is 9.72. The van der Waals surface area contributed by atoms with Crippen molar-refractivity contribution in [1.29, 1.82) is 0 Å². The molecule has 0 saturated carbocycles. The molecule has 0 bridgehead atoms. The van der Waals surface area contributed by atoms with Crippen LogP contribution in [0.5, 0.6) is 0 Å². The fraction of sp³-hybridized carbons (Fsp3) is 0.160. The quantitative estimate of drug-likeness (QED) is 0.496. The first-order chi connectivity index (χ1) is 13.4. The van der Waals surface area contributed by atoms with Crippen molar-refractivity contribution in [3.8, 4) is 0 Å². The number of aromatic nitrogens is 1. The van der Waals surface area contributed by atoms with Crippen LogP contribution in [0, 0.1) is 19.7 Å². The van der Waals surface area contributed by atoms with Gasteiger partial charge < -0.3 is 4.90 Å². The van der Waals surface area contributed by atoms with Gasteiger partial charge >= 0.3 is 0 Å². The Balaban J connectivity index is 2.19. The molecule has 0 aliphatic carbocycles. The molecule has 2 nitrogen and oxygen atoms in total. The predicted octanol–water partition coefficient (Wildman–Crippen LogP) is 5.96. The molecule has 0 amide bonds. The highest BCUT2D eigenvalue weighted by molar-refractivity contribution is 5.62. The summed E-state index contributed by atoms with van der Waals surface area (Å²) in [5.41, 5.74) is 5.40. The van der Waals surface area contributed by atoms with E-state index in [1.807, 2.05) is 25.3 Å². The summed E-state index contributed by atoms with van der Waals surface area (Å²) in [6, 6.07) is 16.8. The van der Waals surface area contributed by atoms with Crippen molar-refractivity contribution < 1.29 is 4.39 Å². The van der Waals surface area contributed by atoms with E-state index in [9.17, 15) is 4.39 Å². The van der Waals surface area contributed by atoms with Crippen LogP contribution in [0.15, 0.2) is 91.9 Å². The number of aryl methyl sites for hydroxylation is 2.